The van der Waals surface area contributed by atoms with Crippen molar-refractivity contribution in [3.8, 4) is 5.75 Å². The number of aliphatic hydroxyl groups is 3. The second-order valence-corrected chi connectivity index (χ2v) is 5.40. The molecule has 5 N–H and O–H groups in total. The summed E-state index contributed by atoms with van der Waals surface area (Å²) in [4.78, 5) is 0. The summed E-state index contributed by atoms with van der Waals surface area (Å²) in [7, 11) is 0. The van der Waals surface area contributed by atoms with Gasteiger partial charge < -0.3 is 25.8 Å². The highest BCUT2D eigenvalue weighted by Crippen LogP contribution is 2.30. The lowest BCUT2D eigenvalue weighted by Gasteiger charge is -2.36. The molecule has 0 radical (unpaired) electrons. The maximum atomic E-state index is 9.63. The first-order chi connectivity index (χ1) is 10.2. The van der Waals surface area contributed by atoms with Crippen molar-refractivity contribution in [1.29, 1.82) is 0 Å². The number of aliphatic hydroxyl groups excluding tert-OH is 3. The molecule has 1 unspecified atom stereocenters. The first-order valence-electron chi connectivity index (χ1n) is 7.44. The van der Waals surface area contributed by atoms with E-state index in [0.29, 0.717) is 18.7 Å². The largest absolute Gasteiger partial charge is 0.489 e. The number of hydrogen-bond acceptors (Lipinski definition) is 5. The van der Waals surface area contributed by atoms with Gasteiger partial charge in [-0.15, -0.1) is 0 Å². The van der Waals surface area contributed by atoms with E-state index in [-0.39, 0.29) is 19.8 Å². The third-order valence-electron chi connectivity index (χ3n) is 3.91. The Morgan fingerprint density at radius 2 is 1.76 bits per heavy atom. The molecule has 1 aromatic rings. The Hall–Kier alpha value is -1.14. The van der Waals surface area contributed by atoms with Gasteiger partial charge in [0.1, 0.15) is 11.9 Å². The minimum atomic E-state index is -1.06. The summed E-state index contributed by atoms with van der Waals surface area (Å²) in [5.74, 6) is 0.640. The molecule has 0 amide bonds. The highest BCUT2D eigenvalue weighted by molar-refractivity contribution is 5.33. The van der Waals surface area contributed by atoms with Gasteiger partial charge in [0, 0.05) is 12.1 Å². The smallest absolute Gasteiger partial charge is 0.124 e. The zero-order valence-corrected chi connectivity index (χ0v) is 12.7. The Morgan fingerprint density at radius 3 is 2.29 bits per heavy atom. The summed E-state index contributed by atoms with van der Waals surface area (Å²) in [5.41, 5.74) is 5.51. The van der Waals surface area contributed by atoms with Gasteiger partial charge in [-0.05, 0) is 12.5 Å². The van der Waals surface area contributed by atoms with Gasteiger partial charge in [0.15, 0.2) is 0 Å². The summed E-state index contributed by atoms with van der Waals surface area (Å²) >= 11 is 0. The van der Waals surface area contributed by atoms with Gasteiger partial charge in [-0.1, -0.05) is 38.0 Å². The van der Waals surface area contributed by atoms with Crippen LogP contribution in [0.25, 0.3) is 0 Å². The summed E-state index contributed by atoms with van der Waals surface area (Å²) in [6, 6.07) is 7.43. The van der Waals surface area contributed by atoms with E-state index in [4.69, 9.17) is 10.5 Å². The van der Waals surface area contributed by atoms with Gasteiger partial charge in [-0.25, -0.2) is 0 Å². The van der Waals surface area contributed by atoms with Crippen LogP contribution in [0.2, 0.25) is 0 Å². The van der Waals surface area contributed by atoms with E-state index in [1.54, 1.807) is 0 Å². The molecule has 0 aliphatic rings. The van der Waals surface area contributed by atoms with Crippen LogP contribution >= 0.6 is 0 Å². The number of unbranched alkanes of at least 4 members (excludes halogenated alkanes) is 1. The lowest BCUT2D eigenvalue weighted by atomic mass is 9.81. The summed E-state index contributed by atoms with van der Waals surface area (Å²) in [5, 5.41) is 28.9. The SMILES string of the molecule is CCCCC(Oc1ccccc1CN)C(CO)(CO)CO. The van der Waals surface area contributed by atoms with Crippen molar-refractivity contribution in [2.24, 2.45) is 11.1 Å². The maximum Gasteiger partial charge on any atom is 0.124 e. The normalized spacial score (nSPS) is 13.2. The zero-order valence-electron chi connectivity index (χ0n) is 12.7. The van der Waals surface area contributed by atoms with E-state index < -0.39 is 11.5 Å². The summed E-state index contributed by atoms with van der Waals surface area (Å²) in [6.45, 7) is 1.40. The standard InChI is InChI=1S/C16H27NO4/c1-2-3-8-15(16(10-18,11-19)12-20)21-14-7-5-4-6-13(14)9-17/h4-7,15,18-20H,2-3,8-12,17H2,1H3. The zero-order chi connectivity index (χ0) is 15.7. The van der Waals surface area contributed by atoms with Gasteiger partial charge >= 0.3 is 0 Å². The van der Waals surface area contributed by atoms with E-state index in [1.807, 2.05) is 24.3 Å². The van der Waals surface area contributed by atoms with Crippen molar-refractivity contribution >= 4 is 0 Å². The second-order valence-electron chi connectivity index (χ2n) is 5.40. The number of ether oxygens (including phenoxy) is 1. The van der Waals surface area contributed by atoms with Gasteiger partial charge in [0.2, 0.25) is 0 Å². The highest BCUT2D eigenvalue weighted by atomic mass is 16.5. The number of nitrogens with two attached hydrogens (primary N) is 1. The number of hydrogen-bond donors (Lipinski definition) is 4. The number of rotatable bonds is 10. The summed E-state index contributed by atoms with van der Waals surface area (Å²) < 4.78 is 6.02. The third-order valence-corrected chi connectivity index (χ3v) is 3.91. The molecule has 0 aliphatic heterocycles. The summed E-state index contributed by atoms with van der Waals surface area (Å²) in [6.07, 6.45) is 2.04. The molecule has 0 saturated carbocycles. The van der Waals surface area contributed by atoms with Gasteiger partial charge in [-0.3, -0.25) is 0 Å². The molecular weight excluding hydrogens is 270 g/mol. The minimum Gasteiger partial charge on any atom is -0.489 e. The Morgan fingerprint density at radius 1 is 1.14 bits per heavy atom. The monoisotopic (exact) mass is 297 g/mol. The van der Waals surface area contributed by atoms with Crippen LogP contribution in [-0.4, -0.2) is 41.2 Å². The second kappa shape index (κ2) is 9.00. The van der Waals surface area contributed by atoms with Crippen molar-refractivity contribution in [1.82, 2.24) is 0 Å². The average Bonchev–Trinajstić information content (AvgIpc) is 2.54. The lowest BCUT2D eigenvalue weighted by Crippen LogP contribution is -2.48. The van der Waals surface area contributed by atoms with Crippen molar-refractivity contribution in [3.05, 3.63) is 29.8 Å². The van der Waals surface area contributed by atoms with Crippen LogP contribution in [0.15, 0.2) is 24.3 Å². The van der Waals surface area contributed by atoms with E-state index >= 15 is 0 Å². The van der Waals surface area contributed by atoms with Crippen LogP contribution in [0.3, 0.4) is 0 Å². The van der Waals surface area contributed by atoms with Crippen LogP contribution < -0.4 is 10.5 Å². The molecule has 0 spiro atoms. The molecule has 0 fully saturated rings. The first kappa shape index (κ1) is 17.9. The Kier molecular flexibility index (Phi) is 7.67. The highest BCUT2D eigenvalue weighted by Gasteiger charge is 2.39. The molecule has 5 heteroatoms. The van der Waals surface area contributed by atoms with Crippen molar-refractivity contribution in [2.45, 2.75) is 38.8 Å². The Labute approximate surface area is 126 Å². The van der Waals surface area contributed by atoms with Crippen LogP contribution in [0, 0.1) is 5.41 Å². The predicted octanol–water partition coefficient (Wildman–Crippen LogP) is 1.05. The predicted molar refractivity (Wildman–Crippen MR) is 82.0 cm³/mol. The molecule has 0 heterocycles. The Bertz CT molecular complexity index is 399. The van der Waals surface area contributed by atoms with Crippen LogP contribution in [0.1, 0.15) is 31.7 Å². The van der Waals surface area contributed by atoms with Crippen molar-refractivity contribution in [3.63, 3.8) is 0 Å². The fourth-order valence-electron chi connectivity index (χ4n) is 2.28. The fraction of sp³-hybridized carbons (Fsp3) is 0.625. The van der Waals surface area contributed by atoms with Crippen LogP contribution in [0.4, 0.5) is 0 Å². The quantitative estimate of drug-likeness (QED) is 0.517. The molecular formula is C16H27NO4. The van der Waals surface area contributed by atoms with Gasteiger partial charge in [0.25, 0.3) is 0 Å². The fourth-order valence-corrected chi connectivity index (χ4v) is 2.28. The van der Waals surface area contributed by atoms with E-state index in [1.165, 1.54) is 0 Å². The van der Waals surface area contributed by atoms with E-state index in [2.05, 4.69) is 6.92 Å². The van der Waals surface area contributed by atoms with Crippen molar-refractivity contribution in [2.75, 3.05) is 19.8 Å². The number of para-hydroxylation sites is 1. The molecule has 1 atom stereocenters. The maximum absolute atomic E-state index is 9.63. The molecule has 1 aromatic carbocycles. The first-order valence-corrected chi connectivity index (χ1v) is 7.44. The molecule has 5 nitrogen and oxygen atoms in total. The lowest BCUT2D eigenvalue weighted by molar-refractivity contribution is -0.0756. The van der Waals surface area contributed by atoms with E-state index in [9.17, 15) is 15.3 Å². The molecule has 21 heavy (non-hydrogen) atoms. The average molecular weight is 297 g/mol. The molecule has 1 rings (SSSR count). The number of benzene rings is 1. The molecule has 0 saturated heterocycles. The third kappa shape index (κ3) is 4.41. The van der Waals surface area contributed by atoms with Crippen LogP contribution in [0.5, 0.6) is 5.75 Å². The van der Waals surface area contributed by atoms with Gasteiger partial charge in [-0.2, -0.15) is 0 Å². The van der Waals surface area contributed by atoms with Gasteiger partial charge in [0.05, 0.1) is 25.2 Å². The molecule has 0 aromatic heterocycles. The van der Waals surface area contributed by atoms with Crippen molar-refractivity contribution < 1.29 is 20.1 Å². The van der Waals surface area contributed by atoms with Crippen LogP contribution in [-0.2, 0) is 6.54 Å². The van der Waals surface area contributed by atoms with E-state index in [0.717, 1.165) is 18.4 Å². The molecule has 120 valence electrons. The topological polar surface area (TPSA) is 95.9 Å². The molecule has 0 bridgehead atoms. The molecule has 0 aliphatic carbocycles. The Balaban J connectivity index is 3.01. The minimum absolute atomic E-state index is 0.334.